The van der Waals surface area contributed by atoms with Crippen LogP contribution in [0.3, 0.4) is 0 Å². The molecule has 0 fully saturated rings. The fourth-order valence-corrected chi connectivity index (χ4v) is 4.07. The zero-order valence-corrected chi connectivity index (χ0v) is 22.9. The van der Waals surface area contributed by atoms with Crippen LogP contribution >= 0.6 is 0 Å². The van der Waals surface area contributed by atoms with E-state index in [4.69, 9.17) is 9.47 Å². The fourth-order valence-electron chi connectivity index (χ4n) is 4.07. The number of ether oxygens (including phenoxy) is 2. The van der Waals surface area contributed by atoms with Gasteiger partial charge in [0.15, 0.2) is 0 Å². The van der Waals surface area contributed by atoms with Crippen molar-refractivity contribution in [3.05, 3.63) is 82.9 Å². The minimum Gasteiger partial charge on any atom is -0.508 e. The molecule has 0 aliphatic carbocycles. The maximum absolute atomic E-state index is 9.61. The SMILES string of the molecule is CCCCCCOc1cc(/C=C/c2ccc(O)cc2)c(OCCCCCC)cc1/C=C/c1ccc(O)cc1. The summed E-state index contributed by atoms with van der Waals surface area (Å²) in [6.07, 6.45) is 17.3. The highest BCUT2D eigenvalue weighted by molar-refractivity contribution is 5.79. The van der Waals surface area contributed by atoms with Gasteiger partial charge in [0.25, 0.3) is 0 Å². The molecule has 0 radical (unpaired) electrons. The van der Waals surface area contributed by atoms with Gasteiger partial charge >= 0.3 is 0 Å². The lowest BCUT2D eigenvalue weighted by Crippen LogP contribution is -2.03. The molecule has 4 heteroatoms. The summed E-state index contributed by atoms with van der Waals surface area (Å²) in [6, 6.07) is 18.4. The van der Waals surface area contributed by atoms with Gasteiger partial charge in [0.2, 0.25) is 0 Å². The molecule has 202 valence electrons. The van der Waals surface area contributed by atoms with Gasteiger partial charge in [-0.2, -0.15) is 0 Å². The second kappa shape index (κ2) is 16.2. The molecule has 0 saturated carbocycles. The Morgan fingerprint density at radius 2 is 0.921 bits per heavy atom. The van der Waals surface area contributed by atoms with E-state index in [-0.39, 0.29) is 11.5 Å². The molecule has 3 aromatic carbocycles. The molecular weight excluding hydrogens is 472 g/mol. The van der Waals surface area contributed by atoms with Gasteiger partial charge in [-0.15, -0.1) is 0 Å². The maximum Gasteiger partial charge on any atom is 0.127 e. The van der Waals surface area contributed by atoms with Gasteiger partial charge in [-0.3, -0.25) is 0 Å². The largest absolute Gasteiger partial charge is 0.508 e. The molecule has 3 aromatic rings. The van der Waals surface area contributed by atoms with Crippen molar-refractivity contribution in [1.82, 2.24) is 0 Å². The second-order valence-corrected chi connectivity index (χ2v) is 9.60. The molecule has 0 bridgehead atoms. The van der Waals surface area contributed by atoms with Crippen LogP contribution in [0.1, 0.15) is 87.5 Å². The Kier molecular flexibility index (Phi) is 12.4. The molecule has 0 aliphatic rings. The van der Waals surface area contributed by atoms with Crippen LogP contribution in [0.4, 0.5) is 0 Å². The highest BCUT2D eigenvalue weighted by Gasteiger charge is 2.10. The fraction of sp³-hybridized carbons (Fsp3) is 0.353. The van der Waals surface area contributed by atoms with Crippen molar-refractivity contribution in [3.63, 3.8) is 0 Å². The zero-order valence-electron chi connectivity index (χ0n) is 22.9. The molecule has 0 aliphatic heterocycles. The van der Waals surface area contributed by atoms with Gasteiger partial charge in [-0.1, -0.05) is 101 Å². The van der Waals surface area contributed by atoms with E-state index in [0.717, 1.165) is 59.4 Å². The molecule has 0 spiro atoms. The van der Waals surface area contributed by atoms with E-state index in [1.807, 2.05) is 48.6 Å². The Bertz CT molecular complexity index is 1050. The predicted octanol–water partition coefficient (Wildman–Crippen LogP) is 9.36. The lowest BCUT2D eigenvalue weighted by molar-refractivity contribution is 0.296. The number of hydrogen-bond acceptors (Lipinski definition) is 4. The Balaban J connectivity index is 1.91. The Hall–Kier alpha value is -3.66. The molecule has 0 saturated heterocycles. The van der Waals surface area contributed by atoms with Crippen LogP contribution in [0.2, 0.25) is 0 Å². The van der Waals surface area contributed by atoms with E-state index in [9.17, 15) is 10.2 Å². The normalized spacial score (nSPS) is 11.4. The van der Waals surface area contributed by atoms with Crippen LogP contribution in [0.15, 0.2) is 60.7 Å². The maximum atomic E-state index is 9.61. The third-order valence-electron chi connectivity index (χ3n) is 6.35. The summed E-state index contributed by atoms with van der Waals surface area (Å²) in [7, 11) is 0. The molecule has 2 N–H and O–H groups in total. The van der Waals surface area contributed by atoms with Crippen molar-refractivity contribution in [2.45, 2.75) is 65.2 Å². The third-order valence-corrected chi connectivity index (χ3v) is 6.35. The first-order chi connectivity index (χ1) is 18.6. The van der Waals surface area contributed by atoms with Crippen LogP contribution in [0, 0.1) is 0 Å². The van der Waals surface area contributed by atoms with Crippen LogP contribution < -0.4 is 9.47 Å². The van der Waals surface area contributed by atoms with Crippen molar-refractivity contribution in [2.75, 3.05) is 13.2 Å². The molecule has 0 unspecified atom stereocenters. The Morgan fingerprint density at radius 3 is 1.29 bits per heavy atom. The summed E-state index contributed by atoms with van der Waals surface area (Å²) in [4.78, 5) is 0. The lowest BCUT2D eigenvalue weighted by atomic mass is 10.0. The third kappa shape index (κ3) is 10.0. The van der Waals surface area contributed by atoms with Crippen LogP contribution in [-0.2, 0) is 0 Å². The topological polar surface area (TPSA) is 58.9 Å². The minimum atomic E-state index is 0.252. The van der Waals surface area contributed by atoms with Gasteiger partial charge in [0, 0.05) is 11.1 Å². The highest BCUT2D eigenvalue weighted by Crippen LogP contribution is 2.33. The number of phenolic OH excluding ortho intramolecular Hbond substituents is 2. The molecular formula is C34H42O4. The van der Waals surface area contributed by atoms with Crippen LogP contribution in [0.5, 0.6) is 23.0 Å². The quantitative estimate of drug-likeness (QED) is 0.148. The van der Waals surface area contributed by atoms with E-state index < -0.39 is 0 Å². The summed E-state index contributed by atoms with van der Waals surface area (Å²) in [6.45, 7) is 5.75. The monoisotopic (exact) mass is 514 g/mol. The van der Waals surface area contributed by atoms with Gasteiger partial charge in [-0.25, -0.2) is 0 Å². The number of benzene rings is 3. The van der Waals surface area contributed by atoms with Crippen molar-refractivity contribution >= 4 is 24.3 Å². The number of hydrogen-bond donors (Lipinski definition) is 2. The molecule has 3 rings (SSSR count). The summed E-state index contributed by atoms with van der Waals surface area (Å²) in [5.41, 5.74) is 3.91. The van der Waals surface area contributed by atoms with E-state index in [1.165, 1.54) is 25.7 Å². The van der Waals surface area contributed by atoms with Crippen LogP contribution in [-0.4, -0.2) is 23.4 Å². The molecule has 0 atom stereocenters. The molecule has 0 heterocycles. The molecule has 0 amide bonds. The Morgan fingerprint density at radius 1 is 0.526 bits per heavy atom. The van der Waals surface area contributed by atoms with Crippen molar-refractivity contribution < 1.29 is 19.7 Å². The van der Waals surface area contributed by atoms with Crippen molar-refractivity contribution in [3.8, 4) is 23.0 Å². The van der Waals surface area contributed by atoms with Crippen molar-refractivity contribution in [2.24, 2.45) is 0 Å². The first-order valence-electron chi connectivity index (χ1n) is 14.0. The standard InChI is InChI=1S/C34H42O4/c1-3-5-7-9-23-37-33-25-30(18-12-28-15-21-32(36)22-16-28)34(38-24-10-8-6-4-2)26-29(33)17-11-27-13-19-31(35)20-14-27/h11-22,25-26,35-36H,3-10,23-24H2,1-2H3/b17-11+,18-12+. The predicted molar refractivity (Wildman–Crippen MR) is 160 cm³/mol. The smallest absolute Gasteiger partial charge is 0.127 e. The van der Waals surface area contributed by atoms with Gasteiger partial charge < -0.3 is 19.7 Å². The van der Waals surface area contributed by atoms with Gasteiger partial charge in [-0.05, 0) is 60.4 Å². The summed E-state index contributed by atoms with van der Waals surface area (Å²) < 4.78 is 12.6. The van der Waals surface area contributed by atoms with Crippen molar-refractivity contribution in [1.29, 1.82) is 0 Å². The molecule has 4 nitrogen and oxygen atoms in total. The minimum absolute atomic E-state index is 0.252. The average molecular weight is 515 g/mol. The highest BCUT2D eigenvalue weighted by atomic mass is 16.5. The summed E-state index contributed by atoms with van der Waals surface area (Å²) in [5.74, 6) is 2.14. The van der Waals surface area contributed by atoms with Gasteiger partial charge in [0.1, 0.15) is 23.0 Å². The lowest BCUT2D eigenvalue weighted by Gasteiger charge is -2.15. The first-order valence-corrected chi connectivity index (χ1v) is 14.0. The Labute approximate surface area is 228 Å². The van der Waals surface area contributed by atoms with Crippen LogP contribution in [0.25, 0.3) is 24.3 Å². The molecule has 38 heavy (non-hydrogen) atoms. The van der Waals surface area contributed by atoms with Gasteiger partial charge in [0.05, 0.1) is 13.2 Å². The van der Waals surface area contributed by atoms with E-state index in [2.05, 4.69) is 26.0 Å². The summed E-state index contributed by atoms with van der Waals surface area (Å²) >= 11 is 0. The number of rotatable bonds is 16. The molecule has 0 aromatic heterocycles. The number of aromatic hydroxyl groups is 2. The van der Waals surface area contributed by atoms with E-state index >= 15 is 0 Å². The summed E-state index contributed by atoms with van der Waals surface area (Å²) in [5, 5.41) is 19.2. The number of phenols is 2. The zero-order chi connectivity index (χ0) is 27.0. The number of unbranched alkanes of at least 4 members (excludes halogenated alkanes) is 6. The average Bonchev–Trinajstić information content (AvgIpc) is 2.93. The first kappa shape index (κ1) is 28.9. The van der Waals surface area contributed by atoms with E-state index in [1.54, 1.807) is 24.3 Å². The van der Waals surface area contributed by atoms with E-state index in [0.29, 0.717) is 13.2 Å². The second-order valence-electron chi connectivity index (χ2n) is 9.60.